The van der Waals surface area contributed by atoms with Gasteiger partial charge in [0.2, 0.25) is 0 Å². The van der Waals surface area contributed by atoms with Crippen LogP contribution in [-0.2, 0) is 28.6 Å². The molecule has 0 aromatic heterocycles. The number of ether oxygens (including phenoxy) is 3. The molecule has 5 rings (SSSR count). The van der Waals surface area contributed by atoms with Gasteiger partial charge in [-0.05, 0) is 107 Å². The molecule has 0 unspecified atom stereocenters. The number of carboxylic acid groups (broad SMARTS) is 1. The van der Waals surface area contributed by atoms with Gasteiger partial charge in [0.15, 0.2) is 0 Å². The molecule has 1 aliphatic heterocycles. The molecule has 9 heteroatoms. The molecule has 0 bridgehead atoms. The number of carboxylic acids is 1. The lowest BCUT2D eigenvalue weighted by Crippen LogP contribution is -2.70. The summed E-state index contributed by atoms with van der Waals surface area (Å²) in [6.07, 6.45) is 4.65. The molecule has 4 saturated carbocycles. The molecular formula is C35H56O9. The monoisotopic (exact) mass is 620 g/mol. The fraction of sp³-hybridized carbons (Fsp3) is 0.914. The summed E-state index contributed by atoms with van der Waals surface area (Å²) in [6, 6.07) is 0. The zero-order chi connectivity index (χ0) is 32.9. The van der Waals surface area contributed by atoms with Gasteiger partial charge in [0.05, 0.1) is 17.3 Å². The van der Waals surface area contributed by atoms with Crippen molar-refractivity contribution in [3.63, 3.8) is 0 Å². The zero-order valence-corrected chi connectivity index (χ0v) is 28.3. The van der Waals surface area contributed by atoms with Crippen LogP contribution in [0.2, 0.25) is 0 Å². The van der Waals surface area contributed by atoms with Gasteiger partial charge in [-0.1, -0.05) is 34.6 Å². The highest BCUT2D eigenvalue weighted by atomic mass is 16.6. The summed E-state index contributed by atoms with van der Waals surface area (Å²) in [7, 11) is 0. The Morgan fingerprint density at radius 2 is 1.52 bits per heavy atom. The van der Waals surface area contributed by atoms with Crippen LogP contribution in [0.15, 0.2) is 0 Å². The van der Waals surface area contributed by atoms with Gasteiger partial charge in [-0.2, -0.15) is 0 Å². The second kappa shape index (κ2) is 10.4. The van der Waals surface area contributed by atoms with E-state index in [1.165, 1.54) is 6.92 Å². The van der Waals surface area contributed by atoms with E-state index in [0.717, 1.165) is 25.7 Å². The maximum Gasteiger partial charge on any atom is 0.317 e. The number of carbonyl (C=O) groups excluding carboxylic acids is 2. The summed E-state index contributed by atoms with van der Waals surface area (Å²) in [6.45, 7) is 18.3. The van der Waals surface area contributed by atoms with E-state index in [4.69, 9.17) is 19.3 Å². The largest absolute Gasteiger partial charge is 0.481 e. The van der Waals surface area contributed by atoms with E-state index in [1.807, 2.05) is 6.92 Å². The Hall–Kier alpha value is -1.71. The molecule has 0 amide bonds. The lowest BCUT2D eigenvalue weighted by molar-refractivity contribution is -0.280. The molecular weight excluding hydrogens is 564 g/mol. The normalized spacial score (nSPS) is 48.1. The summed E-state index contributed by atoms with van der Waals surface area (Å²) in [5.41, 5.74) is -4.16. The third kappa shape index (κ3) is 4.76. The highest BCUT2D eigenvalue weighted by Gasteiger charge is 2.76. The van der Waals surface area contributed by atoms with Crippen LogP contribution in [0.25, 0.3) is 0 Å². The van der Waals surface area contributed by atoms with Crippen molar-refractivity contribution in [2.24, 2.45) is 39.4 Å². The number of esters is 2. The molecule has 1 saturated heterocycles. The zero-order valence-electron chi connectivity index (χ0n) is 28.3. The Morgan fingerprint density at radius 3 is 2.09 bits per heavy atom. The number of carbonyl (C=O) groups is 3. The first-order chi connectivity index (χ1) is 20.0. The van der Waals surface area contributed by atoms with E-state index in [2.05, 4.69) is 34.6 Å². The Morgan fingerprint density at radius 1 is 0.864 bits per heavy atom. The van der Waals surface area contributed by atoms with Crippen molar-refractivity contribution < 1.29 is 43.9 Å². The number of hydrogen-bond donors (Lipinski definition) is 3. The molecule has 0 aromatic rings. The standard InChI is InChI=1S/C35H56O9/c1-20(36)42-21-18-23-31(6)13-11-24(43-27(39)19-26(37)38)29(2,3)22(31)10-14-32(23,7)33(8)16-17-35(41,28(21)33)34(9)15-12-25(44-34)30(4,5)40/h21-25,28,40-41H,10-19H2,1-9H3,(H,37,38)/t21-,22-,23+,24-,25+,28-,31+,32-,33-,34+,35+/m1/s1. The van der Waals surface area contributed by atoms with Crippen molar-refractivity contribution in [2.75, 3.05) is 0 Å². The van der Waals surface area contributed by atoms with Crippen molar-refractivity contribution in [2.45, 2.75) is 162 Å². The SMILES string of the molecule is CC(=O)O[C@@H]1C[C@H]2[C@@]3(C)CC[C@@H](OC(=O)CC(=O)O)C(C)(C)[C@H]3CC[C@@]2(C)[C@]2(C)CC[C@@](O)([C@]3(C)CC[C@@H](C(C)(C)O)O3)[C@H]12. The average molecular weight is 621 g/mol. The minimum atomic E-state index is -1.23. The van der Waals surface area contributed by atoms with Crippen LogP contribution in [0.3, 0.4) is 0 Å². The van der Waals surface area contributed by atoms with E-state index in [0.29, 0.717) is 32.1 Å². The predicted octanol–water partition coefficient (Wildman–Crippen LogP) is 5.42. The second-order valence-electron chi connectivity index (χ2n) is 17.2. The van der Waals surface area contributed by atoms with Crippen LogP contribution in [0.4, 0.5) is 0 Å². The maximum atomic E-state index is 12.9. The Kier molecular flexibility index (Phi) is 7.95. The minimum Gasteiger partial charge on any atom is -0.481 e. The highest BCUT2D eigenvalue weighted by Crippen LogP contribution is 2.77. The van der Waals surface area contributed by atoms with Crippen LogP contribution >= 0.6 is 0 Å². The Balaban J connectivity index is 1.51. The molecule has 5 fully saturated rings. The quantitative estimate of drug-likeness (QED) is 0.262. The van der Waals surface area contributed by atoms with Crippen molar-refractivity contribution in [1.29, 1.82) is 0 Å². The van der Waals surface area contributed by atoms with Gasteiger partial charge in [-0.25, -0.2) is 0 Å². The van der Waals surface area contributed by atoms with Crippen molar-refractivity contribution in [3.05, 3.63) is 0 Å². The third-order valence-corrected chi connectivity index (χ3v) is 14.2. The first-order valence-electron chi connectivity index (χ1n) is 16.8. The summed E-state index contributed by atoms with van der Waals surface area (Å²) >= 11 is 0. The molecule has 44 heavy (non-hydrogen) atoms. The summed E-state index contributed by atoms with van der Waals surface area (Å²) in [4.78, 5) is 36.2. The number of hydrogen-bond acceptors (Lipinski definition) is 8. The van der Waals surface area contributed by atoms with E-state index >= 15 is 0 Å². The predicted molar refractivity (Wildman–Crippen MR) is 162 cm³/mol. The van der Waals surface area contributed by atoms with Crippen LogP contribution in [0.1, 0.15) is 127 Å². The van der Waals surface area contributed by atoms with Crippen molar-refractivity contribution in [3.8, 4) is 0 Å². The summed E-state index contributed by atoms with van der Waals surface area (Å²) < 4.78 is 18.6. The van der Waals surface area contributed by atoms with Crippen LogP contribution in [0, 0.1) is 39.4 Å². The number of aliphatic carboxylic acids is 1. The van der Waals surface area contributed by atoms with Crippen LogP contribution < -0.4 is 0 Å². The number of rotatable bonds is 6. The summed E-state index contributed by atoms with van der Waals surface area (Å²) in [5, 5.41) is 32.8. The molecule has 9 nitrogen and oxygen atoms in total. The van der Waals surface area contributed by atoms with Crippen LogP contribution in [0.5, 0.6) is 0 Å². The fourth-order valence-corrected chi connectivity index (χ4v) is 11.9. The second-order valence-corrected chi connectivity index (χ2v) is 17.2. The van der Waals surface area contributed by atoms with Gasteiger partial charge in [-0.15, -0.1) is 0 Å². The maximum absolute atomic E-state index is 12.9. The topological polar surface area (TPSA) is 140 Å². The molecule has 0 radical (unpaired) electrons. The Bertz CT molecular complexity index is 1190. The third-order valence-electron chi connectivity index (χ3n) is 14.2. The average Bonchev–Trinajstić information content (AvgIpc) is 3.42. The molecule has 3 N–H and O–H groups in total. The van der Waals surface area contributed by atoms with E-state index in [9.17, 15) is 24.6 Å². The lowest BCUT2D eigenvalue weighted by atomic mass is 9.35. The van der Waals surface area contributed by atoms with E-state index in [1.54, 1.807) is 13.8 Å². The highest BCUT2D eigenvalue weighted by molar-refractivity contribution is 5.90. The lowest BCUT2D eigenvalue weighted by Gasteiger charge is -2.71. The van der Waals surface area contributed by atoms with E-state index < -0.39 is 41.3 Å². The van der Waals surface area contributed by atoms with Crippen molar-refractivity contribution in [1.82, 2.24) is 0 Å². The number of fused-ring (bicyclic) bond motifs is 5. The molecule has 11 atom stereocenters. The molecule has 4 aliphatic carbocycles. The first kappa shape index (κ1) is 33.6. The van der Waals surface area contributed by atoms with Gasteiger partial charge in [0.1, 0.15) is 24.2 Å². The summed E-state index contributed by atoms with van der Waals surface area (Å²) in [5.74, 6) is -2.15. The molecule has 250 valence electrons. The van der Waals surface area contributed by atoms with Gasteiger partial charge in [-0.3, -0.25) is 14.4 Å². The molecule has 1 heterocycles. The van der Waals surface area contributed by atoms with Gasteiger partial charge >= 0.3 is 17.9 Å². The van der Waals surface area contributed by atoms with Gasteiger partial charge in [0.25, 0.3) is 0 Å². The minimum absolute atomic E-state index is 0.140. The molecule has 0 spiro atoms. The van der Waals surface area contributed by atoms with E-state index in [-0.39, 0.29) is 57.6 Å². The van der Waals surface area contributed by atoms with Crippen molar-refractivity contribution >= 4 is 17.9 Å². The fourth-order valence-electron chi connectivity index (χ4n) is 11.9. The Labute approximate surface area is 262 Å². The molecule has 5 aliphatic rings. The first-order valence-corrected chi connectivity index (χ1v) is 16.8. The number of aliphatic hydroxyl groups is 2. The van der Waals surface area contributed by atoms with Crippen LogP contribution in [-0.4, -0.2) is 68.3 Å². The molecule has 0 aromatic carbocycles. The smallest absolute Gasteiger partial charge is 0.317 e. The van der Waals surface area contributed by atoms with Gasteiger partial charge < -0.3 is 29.5 Å². The van der Waals surface area contributed by atoms with Gasteiger partial charge in [0, 0.05) is 18.3 Å².